The molecule has 0 aromatic carbocycles. The van der Waals surface area contributed by atoms with Crippen LogP contribution in [-0.2, 0) is 9.59 Å². The van der Waals surface area contributed by atoms with Crippen molar-refractivity contribution in [3.8, 4) is 5.75 Å². The number of rotatable bonds is 5. The Hall–Kier alpha value is -2.11. The summed E-state index contributed by atoms with van der Waals surface area (Å²) in [5.74, 6) is 0.123. The van der Waals surface area contributed by atoms with E-state index in [2.05, 4.69) is 4.98 Å². The van der Waals surface area contributed by atoms with Crippen molar-refractivity contribution < 1.29 is 19.4 Å². The van der Waals surface area contributed by atoms with E-state index in [4.69, 9.17) is 9.84 Å². The molecule has 2 aliphatic rings. The van der Waals surface area contributed by atoms with E-state index in [1.807, 2.05) is 17.0 Å². The Balaban J connectivity index is 1.54. The van der Waals surface area contributed by atoms with Crippen LogP contribution in [0.2, 0.25) is 0 Å². The van der Waals surface area contributed by atoms with Gasteiger partial charge in [0.15, 0.2) is 0 Å². The molecule has 1 N–H and O–H groups in total. The molecule has 3 atom stereocenters. The van der Waals surface area contributed by atoms with Crippen molar-refractivity contribution in [2.75, 3.05) is 6.54 Å². The predicted molar refractivity (Wildman–Crippen MR) is 73.7 cm³/mol. The number of ether oxygens (including phenoxy) is 1. The lowest BCUT2D eigenvalue weighted by molar-refractivity contribution is -0.141. The number of likely N-dealkylation sites (tertiary alicyclic amines) is 1. The average molecular weight is 290 g/mol. The topological polar surface area (TPSA) is 79.7 Å². The van der Waals surface area contributed by atoms with E-state index in [1.54, 1.807) is 12.4 Å². The first kappa shape index (κ1) is 13.9. The lowest BCUT2D eigenvalue weighted by atomic mass is 10.1. The zero-order chi connectivity index (χ0) is 14.8. The number of hydrogen-bond donors (Lipinski definition) is 1. The minimum Gasteiger partial charge on any atom is -0.488 e. The summed E-state index contributed by atoms with van der Waals surface area (Å²) in [5.41, 5.74) is 0. The number of carbonyl (C=O) groups is 2. The van der Waals surface area contributed by atoms with Crippen molar-refractivity contribution in [3.63, 3.8) is 0 Å². The molecule has 0 radical (unpaired) electrons. The van der Waals surface area contributed by atoms with Crippen LogP contribution in [0, 0.1) is 5.92 Å². The van der Waals surface area contributed by atoms with Gasteiger partial charge in [-0.2, -0.15) is 0 Å². The highest BCUT2D eigenvalue weighted by molar-refractivity contribution is 5.81. The van der Waals surface area contributed by atoms with Gasteiger partial charge in [-0.15, -0.1) is 0 Å². The monoisotopic (exact) mass is 290 g/mol. The van der Waals surface area contributed by atoms with Crippen molar-refractivity contribution in [1.29, 1.82) is 0 Å². The van der Waals surface area contributed by atoms with Gasteiger partial charge in [-0.1, -0.05) is 0 Å². The Kier molecular flexibility index (Phi) is 3.77. The molecule has 112 valence electrons. The zero-order valence-electron chi connectivity index (χ0n) is 11.6. The molecule has 0 spiro atoms. The molecular weight excluding hydrogens is 272 g/mol. The van der Waals surface area contributed by atoms with Gasteiger partial charge in [0, 0.05) is 37.5 Å². The molecule has 1 aromatic rings. The zero-order valence-corrected chi connectivity index (χ0v) is 11.6. The molecule has 2 bridgehead atoms. The third-order valence-electron chi connectivity index (χ3n) is 4.27. The first-order valence-corrected chi connectivity index (χ1v) is 7.21. The van der Waals surface area contributed by atoms with E-state index in [9.17, 15) is 9.59 Å². The molecule has 6 nitrogen and oxygen atoms in total. The number of aromatic nitrogens is 1. The number of carbonyl (C=O) groups excluding carboxylic acids is 1. The summed E-state index contributed by atoms with van der Waals surface area (Å²) in [4.78, 5) is 28.4. The highest BCUT2D eigenvalue weighted by atomic mass is 16.5. The molecule has 1 saturated carbocycles. The molecular formula is C15H18N2O4. The first-order chi connectivity index (χ1) is 10.1. The Morgan fingerprint density at radius 3 is 2.86 bits per heavy atom. The molecule has 1 saturated heterocycles. The molecule has 2 heterocycles. The van der Waals surface area contributed by atoms with E-state index in [-0.39, 0.29) is 30.9 Å². The van der Waals surface area contributed by atoms with Crippen molar-refractivity contribution in [2.45, 2.75) is 37.8 Å². The fourth-order valence-electron chi connectivity index (χ4n) is 3.31. The lowest BCUT2D eigenvalue weighted by Gasteiger charge is -2.31. The van der Waals surface area contributed by atoms with Gasteiger partial charge in [-0.25, -0.2) is 0 Å². The standard InChI is InChI=1S/C15H18N2O4/c18-14(3-4-15(19)20)17-9-10-6-11(17)7-13(10)21-12-2-1-5-16-8-12/h1-2,5,8,10-11,13H,3-4,6-7,9H2,(H,19,20)/t10?,11?,13-/m0/s1. The predicted octanol–water partition coefficient (Wildman–Crippen LogP) is 1.31. The molecule has 3 rings (SSSR count). The number of piperidine rings is 1. The largest absolute Gasteiger partial charge is 0.488 e. The fraction of sp³-hybridized carbons (Fsp3) is 0.533. The Bertz CT molecular complexity index is 534. The second-order valence-corrected chi connectivity index (χ2v) is 5.67. The maximum absolute atomic E-state index is 12.0. The fourth-order valence-corrected chi connectivity index (χ4v) is 3.31. The summed E-state index contributed by atoms with van der Waals surface area (Å²) in [6.07, 6.45) is 5.29. The van der Waals surface area contributed by atoms with E-state index in [0.29, 0.717) is 12.5 Å². The van der Waals surface area contributed by atoms with Crippen LogP contribution in [0.25, 0.3) is 0 Å². The van der Waals surface area contributed by atoms with Crippen LogP contribution in [0.3, 0.4) is 0 Å². The minimum atomic E-state index is -0.925. The molecule has 6 heteroatoms. The van der Waals surface area contributed by atoms with Crippen LogP contribution in [0.15, 0.2) is 24.5 Å². The molecule has 21 heavy (non-hydrogen) atoms. The number of amides is 1. The molecule has 1 aliphatic carbocycles. The Morgan fingerprint density at radius 2 is 2.24 bits per heavy atom. The van der Waals surface area contributed by atoms with E-state index < -0.39 is 5.97 Å². The number of pyridine rings is 1. The quantitative estimate of drug-likeness (QED) is 0.884. The van der Waals surface area contributed by atoms with Crippen LogP contribution in [0.4, 0.5) is 0 Å². The van der Waals surface area contributed by atoms with Crippen LogP contribution >= 0.6 is 0 Å². The SMILES string of the molecule is O=C(O)CCC(=O)N1CC2CC1C[C@@H]2Oc1cccnc1. The van der Waals surface area contributed by atoms with Gasteiger partial charge < -0.3 is 14.7 Å². The van der Waals surface area contributed by atoms with Gasteiger partial charge >= 0.3 is 5.97 Å². The van der Waals surface area contributed by atoms with Crippen molar-refractivity contribution >= 4 is 11.9 Å². The second kappa shape index (κ2) is 5.71. The number of nitrogens with zero attached hydrogens (tertiary/aromatic N) is 2. The van der Waals surface area contributed by atoms with Crippen molar-refractivity contribution in [3.05, 3.63) is 24.5 Å². The van der Waals surface area contributed by atoms with Crippen molar-refractivity contribution in [2.24, 2.45) is 5.92 Å². The summed E-state index contributed by atoms with van der Waals surface area (Å²) < 4.78 is 5.94. The number of carboxylic acid groups (broad SMARTS) is 1. The van der Waals surface area contributed by atoms with Crippen LogP contribution < -0.4 is 4.74 Å². The maximum Gasteiger partial charge on any atom is 0.303 e. The third-order valence-corrected chi connectivity index (χ3v) is 4.27. The van der Waals surface area contributed by atoms with Gasteiger partial charge in [0.25, 0.3) is 0 Å². The molecule has 2 fully saturated rings. The van der Waals surface area contributed by atoms with Gasteiger partial charge in [-0.3, -0.25) is 14.6 Å². The number of aliphatic carboxylic acids is 1. The van der Waals surface area contributed by atoms with Gasteiger partial charge in [0.2, 0.25) is 5.91 Å². The first-order valence-electron chi connectivity index (χ1n) is 7.21. The summed E-state index contributed by atoms with van der Waals surface area (Å²) >= 11 is 0. The Labute approximate surface area is 122 Å². The summed E-state index contributed by atoms with van der Waals surface area (Å²) in [5, 5.41) is 8.65. The summed E-state index contributed by atoms with van der Waals surface area (Å²) in [7, 11) is 0. The smallest absolute Gasteiger partial charge is 0.303 e. The minimum absolute atomic E-state index is 0.0512. The lowest BCUT2D eigenvalue weighted by Crippen LogP contribution is -2.43. The van der Waals surface area contributed by atoms with Gasteiger partial charge in [0.1, 0.15) is 11.9 Å². The second-order valence-electron chi connectivity index (χ2n) is 5.67. The van der Waals surface area contributed by atoms with Crippen molar-refractivity contribution in [1.82, 2.24) is 9.88 Å². The highest BCUT2D eigenvalue weighted by Gasteiger charge is 2.47. The number of fused-ring (bicyclic) bond motifs is 2. The van der Waals surface area contributed by atoms with E-state index in [0.717, 1.165) is 18.6 Å². The van der Waals surface area contributed by atoms with Gasteiger partial charge in [0.05, 0.1) is 12.6 Å². The molecule has 1 amide bonds. The van der Waals surface area contributed by atoms with E-state index in [1.165, 1.54) is 0 Å². The average Bonchev–Trinajstić information content (AvgIpc) is 3.05. The Morgan fingerprint density at radius 1 is 1.38 bits per heavy atom. The number of carboxylic acids is 1. The van der Waals surface area contributed by atoms with Crippen LogP contribution in [0.5, 0.6) is 5.75 Å². The maximum atomic E-state index is 12.0. The van der Waals surface area contributed by atoms with Gasteiger partial charge in [-0.05, 0) is 18.6 Å². The third kappa shape index (κ3) is 2.99. The molecule has 1 aromatic heterocycles. The number of hydrogen-bond acceptors (Lipinski definition) is 4. The van der Waals surface area contributed by atoms with Crippen LogP contribution in [-0.4, -0.2) is 45.6 Å². The normalized spacial score (nSPS) is 26.9. The van der Waals surface area contributed by atoms with E-state index >= 15 is 0 Å². The summed E-state index contributed by atoms with van der Waals surface area (Å²) in [6.45, 7) is 0.675. The van der Waals surface area contributed by atoms with Crippen LogP contribution in [0.1, 0.15) is 25.7 Å². The highest BCUT2D eigenvalue weighted by Crippen LogP contribution is 2.40. The molecule has 1 aliphatic heterocycles. The summed E-state index contributed by atoms with van der Waals surface area (Å²) in [6, 6.07) is 3.91. The molecule has 2 unspecified atom stereocenters.